The summed E-state index contributed by atoms with van der Waals surface area (Å²) < 4.78 is 10.0. The quantitative estimate of drug-likeness (QED) is 0.604. The number of rotatable bonds is 2. The third-order valence-corrected chi connectivity index (χ3v) is 4.67. The van der Waals surface area contributed by atoms with Gasteiger partial charge in [0.1, 0.15) is 0 Å². The zero-order chi connectivity index (χ0) is 19.9. The van der Waals surface area contributed by atoms with Gasteiger partial charge in [0.15, 0.2) is 5.82 Å². The fourth-order valence-corrected chi connectivity index (χ4v) is 2.92. The SMILES string of the molecule is Cc1cc(C2CCNCCO2)ccc1Cl.O=c1[nH]c(-c2ccc[nH]c2=O)no1. The minimum atomic E-state index is -0.682. The Labute approximate surface area is 165 Å². The predicted octanol–water partition coefficient (Wildman–Crippen LogP) is 2.42. The molecule has 1 aromatic carbocycles. The Balaban J connectivity index is 0.000000162. The minimum Gasteiger partial charge on any atom is -0.372 e. The number of nitrogens with zero attached hydrogens (tertiary/aromatic N) is 1. The van der Waals surface area contributed by atoms with Crippen molar-refractivity contribution in [2.24, 2.45) is 0 Å². The lowest BCUT2D eigenvalue weighted by molar-refractivity contribution is 0.0644. The van der Waals surface area contributed by atoms with Gasteiger partial charge in [-0.2, -0.15) is 0 Å². The summed E-state index contributed by atoms with van der Waals surface area (Å²) >= 11 is 6.00. The molecular weight excluding hydrogens is 384 g/mol. The Kier molecular flexibility index (Phi) is 6.80. The highest BCUT2D eigenvalue weighted by Gasteiger charge is 2.14. The molecule has 0 spiro atoms. The molecule has 1 saturated heterocycles. The number of aromatic nitrogens is 3. The number of H-pyrrole nitrogens is 2. The van der Waals surface area contributed by atoms with Gasteiger partial charge in [0.25, 0.3) is 5.56 Å². The van der Waals surface area contributed by atoms with Crippen LogP contribution in [0.4, 0.5) is 0 Å². The fraction of sp³-hybridized carbons (Fsp3) is 0.316. The van der Waals surface area contributed by atoms with E-state index in [1.807, 2.05) is 13.0 Å². The van der Waals surface area contributed by atoms with Crippen LogP contribution in [0.15, 0.2) is 50.6 Å². The average molecular weight is 405 g/mol. The second kappa shape index (κ2) is 9.50. The van der Waals surface area contributed by atoms with Crippen molar-refractivity contribution < 1.29 is 9.26 Å². The first-order valence-electron chi connectivity index (χ1n) is 8.87. The van der Waals surface area contributed by atoms with Gasteiger partial charge in [-0.15, -0.1) is 0 Å². The lowest BCUT2D eigenvalue weighted by Crippen LogP contribution is -2.16. The summed E-state index contributed by atoms with van der Waals surface area (Å²) in [6, 6.07) is 9.30. The van der Waals surface area contributed by atoms with E-state index < -0.39 is 5.76 Å². The summed E-state index contributed by atoms with van der Waals surface area (Å²) in [4.78, 5) is 26.5. The van der Waals surface area contributed by atoms with Gasteiger partial charge in [-0.1, -0.05) is 28.9 Å². The number of aromatic amines is 2. The van der Waals surface area contributed by atoms with Crippen molar-refractivity contribution >= 4 is 11.6 Å². The van der Waals surface area contributed by atoms with Crippen molar-refractivity contribution in [3.8, 4) is 11.4 Å². The molecule has 0 aliphatic carbocycles. The summed E-state index contributed by atoms with van der Waals surface area (Å²) in [7, 11) is 0. The Morgan fingerprint density at radius 2 is 2.07 bits per heavy atom. The summed E-state index contributed by atoms with van der Waals surface area (Å²) in [5.74, 6) is -0.551. The van der Waals surface area contributed by atoms with E-state index in [1.165, 1.54) is 17.8 Å². The maximum atomic E-state index is 11.2. The van der Waals surface area contributed by atoms with Crippen LogP contribution in [0.2, 0.25) is 5.02 Å². The summed E-state index contributed by atoms with van der Waals surface area (Å²) in [5, 5.41) is 7.53. The molecule has 0 radical (unpaired) electrons. The maximum Gasteiger partial charge on any atom is 0.439 e. The molecule has 0 amide bonds. The first-order valence-corrected chi connectivity index (χ1v) is 9.25. The molecule has 2 aromatic heterocycles. The van der Waals surface area contributed by atoms with Gasteiger partial charge >= 0.3 is 5.76 Å². The van der Waals surface area contributed by atoms with Gasteiger partial charge in [-0.3, -0.25) is 14.3 Å². The molecule has 148 valence electrons. The first-order chi connectivity index (χ1) is 13.5. The number of hydrogen-bond acceptors (Lipinski definition) is 6. The predicted molar refractivity (Wildman–Crippen MR) is 106 cm³/mol. The van der Waals surface area contributed by atoms with Gasteiger partial charge in [0.2, 0.25) is 0 Å². The van der Waals surface area contributed by atoms with E-state index in [0.29, 0.717) is 0 Å². The number of aryl methyl sites for hydroxylation is 1. The van der Waals surface area contributed by atoms with Gasteiger partial charge in [-0.25, -0.2) is 4.79 Å². The zero-order valence-electron chi connectivity index (χ0n) is 15.3. The monoisotopic (exact) mass is 404 g/mol. The van der Waals surface area contributed by atoms with Crippen molar-refractivity contribution in [2.75, 3.05) is 19.7 Å². The van der Waals surface area contributed by atoms with E-state index in [2.05, 4.69) is 37.1 Å². The molecule has 0 bridgehead atoms. The average Bonchev–Trinajstić information content (AvgIpc) is 2.94. The highest BCUT2D eigenvalue weighted by atomic mass is 35.5. The standard InChI is InChI=1S/C12H16ClNO.C7H5N3O3/c1-9-8-10(2-3-11(9)13)12-4-5-14-6-7-15-12;11-6-4(2-1-3-8-6)5-9-7(12)13-10-5/h2-3,8,12,14H,4-7H2,1H3;1-3H,(H,8,11)(H,9,10,12). The molecule has 3 heterocycles. The van der Waals surface area contributed by atoms with E-state index in [4.69, 9.17) is 16.3 Å². The number of hydrogen-bond donors (Lipinski definition) is 3. The number of halogens is 1. The van der Waals surface area contributed by atoms with E-state index in [9.17, 15) is 9.59 Å². The summed E-state index contributed by atoms with van der Waals surface area (Å²) in [6.07, 6.45) is 2.74. The largest absolute Gasteiger partial charge is 0.439 e. The van der Waals surface area contributed by atoms with Crippen molar-refractivity contribution in [1.82, 2.24) is 20.4 Å². The second-order valence-corrected chi connectivity index (χ2v) is 6.67. The van der Waals surface area contributed by atoms with Crippen LogP contribution in [-0.4, -0.2) is 34.8 Å². The van der Waals surface area contributed by atoms with Crippen LogP contribution in [0.5, 0.6) is 0 Å². The normalized spacial score (nSPS) is 16.7. The summed E-state index contributed by atoms with van der Waals surface area (Å²) in [6.45, 7) is 4.78. The molecular formula is C19H21ClN4O4. The van der Waals surface area contributed by atoms with E-state index >= 15 is 0 Å². The van der Waals surface area contributed by atoms with Gasteiger partial charge < -0.3 is 15.0 Å². The third kappa shape index (κ3) is 5.19. The molecule has 4 rings (SSSR count). The van der Waals surface area contributed by atoms with Gasteiger partial charge in [0, 0.05) is 17.8 Å². The van der Waals surface area contributed by atoms with Crippen LogP contribution in [0.1, 0.15) is 23.7 Å². The van der Waals surface area contributed by atoms with Crippen LogP contribution < -0.4 is 16.6 Å². The molecule has 28 heavy (non-hydrogen) atoms. The smallest absolute Gasteiger partial charge is 0.372 e. The Morgan fingerprint density at radius 3 is 2.79 bits per heavy atom. The molecule has 1 fully saturated rings. The number of pyridine rings is 1. The Morgan fingerprint density at radius 1 is 1.21 bits per heavy atom. The van der Waals surface area contributed by atoms with Crippen molar-refractivity contribution in [3.63, 3.8) is 0 Å². The first kappa shape index (κ1) is 20.1. The van der Waals surface area contributed by atoms with Crippen molar-refractivity contribution in [3.05, 3.63) is 73.6 Å². The molecule has 0 saturated carbocycles. The summed E-state index contributed by atoms with van der Waals surface area (Å²) in [5.41, 5.74) is 2.30. The highest BCUT2D eigenvalue weighted by Crippen LogP contribution is 2.25. The fourth-order valence-electron chi connectivity index (χ4n) is 2.80. The van der Waals surface area contributed by atoms with Crippen LogP contribution in [-0.2, 0) is 4.74 Å². The molecule has 1 atom stereocenters. The highest BCUT2D eigenvalue weighted by molar-refractivity contribution is 6.31. The maximum absolute atomic E-state index is 11.2. The van der Waals surface area contributed by atoms with Gasteiger partial charge in [0.05, 0.1) is 18.3 Å². The Hall–Kier alpha value is -2.68. The van der Waals surface area contributed by atoms with Crippen molar-refractivity contribution in [1.29, 1.82) is 0 Å². The molecule has 8 nitrogen and oxygen atoms in total. The second-order valence-electron chi connectivity index (χ2n) is 6.26. The molecule has 1 aliphatic rings. The van der Waals surface area contributed by atoms with Crippen LogP contribution >= 0.6 is 11.6 Å². The molecule has 3 N–H and O–H groups in total. The number of nitrogens with one attached hydrogen (secondary N) is 3. The van der Waals surface area contributed by atoms with Crippen LogP contribution in [0.25, 0.3) is 11.4 Å². The third-order valence-electron chi connectivity index (χ3n) is 4.25. The van der Waals surface area contributed by atoms with E-state index in [0.717, 1.165) is 36.7 Å². The zero-order valence-corrected chi connectivity index (χ0v) is 16.1. The molecule has 1 unspecified atom stereocenters. The Bertz CT molecular complexity index is 1020. The molecule has 1 aliphatic heterocycles. The van der Waals surface area contributed by atoms with E-state index in [-0.39, 0.29) is 23.1 Å². The van der Waals surface area contributed by atoms with Crippen LogP contribution in [0.3, 0.4) is 0 Å². The number of benzene rings is 1. The van der Waals surface area contributed by atoms with Crippen LogP contribution in [0, 0.1) is 6.92 Å². The van der Waals surface area contributed by atoms with Gasteiger partial charge in [-0.05, 0) is 49.2 Å². The number of ether oxygens (including phenoxy) is 1. The van der Waals surface area contributed by atoms with Crippen molar-refractivity contribution in [2.45, 2.75) is 19.4 Å². The topological polar surface area (TPSA) is 113 Å². The minimum absolute atomic E-state index is 0.131. The van der Waals surface area contributed by atoms with E-state index in [1.54, 1.807) is 6.07 Å². The lowest BCUT2D eigenvalue weighted by Gasteiger charge is -2.15. The molecule has 9 heteroatoms. The lowest BCUT2D eigenvalue weighted by atomic mass is 10.0. The molecule has 3 aromatic rings.